The maximum absolute atomic E-state index is 4.43. The highest BCUT2D eigenvalue weighted by atomic mass is 15.1. The van der Waals surface area contributed by atoms with Gasteiger partial charge in [0.15, 0.2) is 0 Å². The highest BCUT2D eigenvalue weighted by Crippen LogP contribution is 2.10. The molecule has 1 rings (SSSR count). The Labute approximate surface area is 118 Å². The van der Waals surface area contributed by atoms with Crippen LogP contribution in [0.15, 0.2) is 6.20 Å². The summed E-state index contributed by atoms with van der Waals surface area (Å²) in [6.07, 6.45) is 11.6. The molecule has 0 saturated heterocycles. The molecular weight excluding hydrogens is 234 g/mol. The SMILES string of the molecule is CCCCCCCCCn1c(CNCC)cnc1C. The molecule has 0 aromatic carbocycles. The molecule has 0 unspecified atom stereocenters. The Bertz CT molecular complexity index is 331. The van der Waals surface area contributed by atoms with Crippen LogP contribution in [0.25, 0.3) is 0 Å². The zero-order chi connectivity index (χ0) is 13.9. The minimum atomic E-state index is 0.938. The Balaban J connectivity index is 2.22. The molecule has 3 nitrogen and oxygen atoms in total. The Morgan fingerprint density at radius 2 is 1.74 bits per heavy atom. The van der Waals surface area contributed by atoms with Crippen molar-refractivity contribution in [3.05, 3.63) is 17.7 Å². The number of rotatable bonds is 11. The summed E-state index contributed by atoms with van der Waals surface area (Å²) in [6.45, 7) is 9.60. The van der Waals surface area contributed by atoms with Crippen molar-refractivity contribution >= 4 is 0 Å². The van der Waals surface area contributed by atoms with E-state index in [0.717, 1.165) is 25.5 Å². The first kappa shape index (κ1) is 16.2. The van der Waals surface area contributed by atoms with E-state index in [1.165, 1.54) is 50.6 Å². The van der Waals surface area contributed by atoms with Gasteiger partial charge < -0.3 is 9.88 Å². The van der Waals surface area contributed by atoms with Crippen molar-refractivity contribution in [2.24, 2.45) is 0 Å². The van der Waals surface area contributed by atoms with Gasteiger partial charge in [-0.3, -0.25) is 0 Å². The van der Waals surface area contributed by atoms with Gasteiger partial charge >= 0.3 is 0 Å². The molecule has 0 aliphatic rings. The first-order chi connectivity index (χ1) is 9.29. The van der Waals surface area contributed by atoms with E-state index in [1.54, 1.807) is 0 Å². The molecule has 0 aliphatic carbocycles. The van der Waals surface area contributed by atoms with Gasteiger partial charge in [0, 0.05) is 19.3 Å². The molecule has 19 heavy (non-hydrogen) atoms. The number of hydrogen-bond acceptors (Lipinski definition) is 2. The van der Waals surface area contributed by atoms with Gasteiger partial charge in [-0.15, -0.1) is 0 Å². The van der Waals surface area contributed by atoms with E-state index in [-0.39, 0.29) is 0 Å². The van der Waals surface area contributed by atoms with Gasteiger partial charge in [0.05, 0.1) is 5.69 Å². The summed E-state index contributed by atoms with van der Waals surface area (Å²) in [6, 6.07) is 0. The number of aromatic nitrogens is 2. The fraction of sp³-hybridized carbons (Fsp3) is 0.812. The first-order valence-corrected chi connectivity index (χ1v) is 8.01. The van der Waals surface area contributed by atoms with Crippen LogP contribution in [0.3, 0.4) is 0 Å². The van der Waals surface area contributed by atoms with E-state index in [4.69, 9.17) is 0 Å². The second-order valence-corrected chi connectivity index (χ2v) is 5.35. The topological polar surface area (TPSA) is 29.9 Å². The smallest absolute Gasteiger partial charge is 0.105 e. The van der Waals surface area contributed by atoms with Crippen LogP contribution in [0.2, 0.25) is 0 Å². The van der Waals surface area contributed by atoms with Crippen molar-refractivity contribution in [3.63, 3.8) is 0 Å². The lowest BCUT2D eigenvalue weighted by atomic mass is 10.1. The maximum Gasteiger partial charge on any atom is 0.105 e. The van der Waals surface area contributed by atoms with Gasteiger partial charge in [0.25, 0.3) is 0 Å². The van der Waals surface area contributed by atoms with Crippen LogP contribution in [-0.4, -0.2) is 16.1 Å². The summed E-state index contributed by atoms with van der Waals surface area (Å²) in [5.74, 6) is 1.15. The van der Waals surface area contributed by atoms with E-state index < -0.39 is 0 Å². The number of imidazole rings is 1. The number of nitrogens with zero attached hydrogens (tertiary/aromatic N) is 2. The van der Waals surface area contributed by atoms with Gasteiger partial charge in [-0.2, -0.15) is 0 Å². The number of hydrogen-bond donors (Lipinski definition) is 1. The standard InChI is InChI=1S/C16H31N3/c1-4-6-7-8-9-10-11-12-19-15(3)18-14-16(19)13-17-5-2/h14,17H,4-13H2,1-3H3. The van der Waals surface area contributed by atoms with Crippen LogP contribution in [-0.2, 0) is 13.1 Å². The molecule has 0 spiro atoms. The fourth-order valence-corrected chi connectivity index (χ4v) is 2.44. The third kappa shape index (κ3) is 6.24. The summed E-state index contributed by atoms with van der Waals surface area (Å²) in [5, 5.41) is 3.38. The minimum absolute atomic E-state index is 0.938. The number of aryl methyl sites for hydroxylation is 1. The molecule has 0 fully saturated rings. The Morgan fingerprint density at radius 3 is 2.42 bits per heavy atom. The summed E-state index contributed by atoms with van der Waals surface area (Å²) < 4.78 is 2.37. The lowest BCUT2D eigenvalue weighted by Gasteiger charge is -2.10. The zero-order valence-electron chi connectivity index (χ0n) is 13.0. The molecule has 1 N–H and O–H groups in total. The average Bonchev–Trinajstić information content (AvgIpc) is 2.76. The molecule has 0 aliphatic heterocycles. The van der Waals surface area contributed by atoms with Crippen molar-refractivity contribution in [1.29, 1.82) is 0 Å². The predicted octanol–water partition coefficient (Wildman–Crippen LogP) is 4.05. The van der Waals surface area contributed by atoms with Crippen molar-refractivity contribution in [1.82, 2.24) is 14.9 Å². The second-order valence-electron chi connectivity index (χ2n) is 5.35. The normalized spacial score (nSPS) is 11.1. The minimum Gasteiger partial charge on any atom is -0.331 e. The third-order valence-corrected chi connectivity index (χ3v) is 3.68. The number of unbranched alkanes of at least 4 members (excludes halogenated alkanes) is 6. The first-order valence-electron chi connectivity index (χ1n) is 8.01. The van der Waals surface area contributed by atoms with E-state index in [0.29, 0.717) is 0 Å². The average molecular weight is 265 g/mol. The summed E-state index contributed by atoms with van der Waals surface area (Å²) >= 11 is 0. The summed E-state index contributed by atoms with van der Waals surface area (Å²) in [5.41, 5.74) is 1.32. The van der Waals surface area contributed by atoms with E-state index >= 15 is 0 Å². The van der Waals surface area contributed by atoms with E-state index in [2.05, 4.69) is 35.6 Å². The molecule has 0 atom stereocenters. The molecule has 0 bridgehead atoms. The quantitative estimate of drug-likeness (QED) is 0.612. The Morgan fingerprint density at radius 1 is 1.05 bits per heavy atom. The van der Waals surface area contributed by atoms with Gasteiger partial charge in [-0.25, -0.2) is 4.98 Å². The van der Waals surface area contributed by atoms with Crippen molar-refractivity contribution in [2.45, 2.75) is 78.8 Å². The lowest BCUT2D eigenvalue weighted by molar-refractivity contribution is 0.529. The van der Waals surface area contributed by atoms with Crippen LogP contribution in [0.4, 0.5) is 0 Å². The second kappa shape index (κ2) is 10.0. The monoisotopic (exact) mass is 265 g/mol. The van der Waals surface area contributed by atoms with Gasteiger partial charge in [-0.1, -0.05) is 52.4 Å². The Kier molecular flexibility index (Phi) is 8.55. The third-order valence-electron chi connectivity index (χ3n) is 3.68. The van der Waals surface area contributed by atoms with Crippen LogP contribution < -0.4 is 5.32 Å². The van der Waals surface area contributed by atoms with Crippen LogP contribution >= 0.6 is 0 Å². The van der Waals surface area contributed by atoms with E-state index in [1.807, 2.05) is 6.20 Å². The van der Waals surface area contributed by atoms with E-state index in [9.17, 15) is 0 Å². The maximum atomic E-state index is 4.43. The van der Waals surface area contributed by atoms with Crippen molar-refractivity contribution in [2.75, 3.05) is 6.54 Å². The van der Waals surface area contributed by atoms with Crippen LogP contribution in [0.1, 0.15) is 70.3 Å². The van der Waals surface area contributed by atoms with Crippen LogP contribution in [0.5, 0.6) is 0 Å². The molecule has 110 valence electrons. The summed E-state index contributed by atoms with van der Waals surface area (Å²) in [7, 11) is 0. The van der Waals surface area contributed by atoms with Gasteiger partial charge in [0.1, 0.15) is 5.82 Å². The highest BCUT2D eigenvalue weighted by Gasteiger charge is 2.05. The molecule has 0 amide bonds. The number of nitrogens with one attached hydrogen (secondary N) is 1. The molecule has 1 heterocycles. The molecule has 1 aromatic rings. The van der Waals surface area contributed by atoms with Gasteiger partial charge in [0.2, 0.25) is 0 Å². The molecule has 1 aromatic heterocycles. The lowest BCUT2D eigenvalue weighted by Crippen LogP contribution is -2.16. The van der Waals surface area contributed by atoms with Crippen molar-refractivity contribution < 1.29 is 0 Å². The largest absolute Gasteiger partial charge is 0.331 e. The van der Waals surface area contributed by atoms with Gasteiger partial charge in [-0.05, 0) is 19.9 Å². The fourth-order valence-electron chi connectivity index (χ4n) is 2.44. The molecule has 0 saturated carbocycles. The molecular formula is C16H31N3. The molecule has 3 heteroatoms. The van der Waals surface area contributed by atoms with Crippen LogP contribution in [0, 0.1) is 6.92 Å². The zero-order valence-corrected chi connectivity index (χ0v) is 13.0. The summed E-state index contributed by atoms with van der Waals surface area (Å²) in [4.78, 5) is 4.43. The highest BCUT2D eigenvalue weighted by molar-refractivity contribution is 5.04. The van der Waals surface area contributed by atoms with Crippen molar-refractivity contribution in [3.8, 4) is 0 Å². The Hall–Kier alpha value is -0.830. The molecule has 0 radical (unpaired) electrons. The predicted molar refractivity (Wildman–Crippen MR) is 82.3 cm³/mol.